The zero-order valence-electron chi connectivity index (χ0n) is 16.7. The van der Waals surface area contributed by atoms with Gasteiger partial charge in [-0.15, -0.1) is 11.3 Å². The van der Waals surface area contributed by atoms with Gasteiger partial charge in [0.1, 0.15) is 5.69 Å². The highest BCUT2D eigenvalue weighted by Gasteiger charge is 2.34. The summed E-state index contributed by atoms with van der Waals surface area (Å²) in [4.78, 5) is 17.8. The van der Waals surface area contributed by atoms with Gasteiger partial charge in [0.2, 0.25) is 0 Å². The fourth-order valence-electron chi connectivity index (χ4n) is 3.33. The number of nitrogens with zero attached hydrogens (tertiary/aromatic N) is 3. The van der Waals surface area contributed by atoms with E-state index in [4.69, 9.17) is 11.6 Å². The second-order valence-corrected chi connectivity index (χ2v) is 9.79. The number of hydrogen-bond acceptors (Lipinski definition) is 4. The zero-order valence-corrected chi connectivity index (χ0v) is 19.9. The molecule has 0 aliphatic carbocycles. The van der Waals surface area contributed by atoms with Crippen LogP contribution in [0.25, 0.3) is 10.9 Å². The lowest BCUT2D eigenvalue weighted by atomic mass is 10.1. The van der Waals surface area contributed by atoms with Gasteiger partial charge in [0.15, 0.2) is 0 Å². The number of fused-ring (bicyclic) bond motifs is 1. The van der Waals surface area contributed by atoms with Crippen molar-refractivity contribution in [3.05, 3.63) is 72.7 Å². The molecule has 0 aliphatic heterocycles. The lowest BCUT2D eigenvalue weighted by Crippen LogP contribution is -2.17. The molecule has 4 rings (SSSR count). The molecule has 166 valence electrons. The van der Waals surface area contributed by atoms with Crippen molar-refractivity contribution >= 4 is 61.4 Å². The van der Waals surface area contributed by atoms with Crippen molar-refractivity contribution in [2.45, 2.75) is 26.6 Å². The van der Waals surface area contributed by atoms with Gasteiger partial charge in [0, 0.05) is 14.7 Å². The number of halogens is 5. The molecule has 3 aromatic heterocycles. The Kier molecular flexibility index (Phi) is 6.04. The smallest absolute Gasteiger partial charge is 0.319 e. The summed E-state index contributed by atoms with van der Waals surface area (Å²) in [5.41, 5.74) is 0.500. The molecule has 0 unspecified atom stereocenters. The van der Waals surface area contributed by atoms with Crippen LogP contribution < -0.4 is 5.32 Å². The Morgan fingerprint density at radius 3 is 2.62 bits per heavy atom. The predicted octanol–water partition coefficient (Wildman–Crippen LogP) is 6.84. The summed E-state index contributed by atoms with van der Waals surface area (Å²) in [6, 6.07) is 9.04. The molecule has 11 heteroatoms. The lowest BCUT2D eigenvalue weighted by molar-refractivity contribution is -0.140. The van der Waals surface area contributed by atoms with Crippen molar-refractivity contribution in [3.63, 3.8) is 0 Å². The molecule has 5 nitrogen and oxygen atoms in total. The maximum atomic E-state index is 13.4. The van der Waals surface area contributed by atoms with Crippen LogP contribution in [0.15, 0.2) is 40.9 Å². The molecule has 32 heavy (non-hydrogen) atoms. The first-order valence-corrected chi connectivity index (χ1v) is 11.3. The summed E-state index contributed by atoms with van der Waals surface area (Å²) in [5, 5.41) is 7.51. The van der Waals surface area contributed by atoms with Crippen LogP contribution >= 0.6 is 38.9 Å². The third-order valence-electron chi connectivity index (χ3n) is 4.86. The summed E-state index contributed by atoms with van der Waals surface area (Å²) in [5.74, 6) is -0.675. The van der Waals surface area contributed by atoms with E-state index in [-0.39, 0.29) is 11.1 Å². The third-order valence-corrected chi connectivity index (χ3v) is 6.57. The molecular formula is C21H15BrClF3N4OS. The van der Waals surface area contributed by atoms with Crippen LogP contribution in [-0.4, -0.2) is 20.7 Å². The van der Waals surface area contributed by atoms with Crippen molar-refractivity contribution in [2.24, 2.45) is 0 Å². The van der Waals surface area contributed by atoms with Crippen molar-refractivity contribution in [2.75, 3.05) is 5.32 Å². The molecule has 1 N–H and O–H groups in total. The molecule has 0 saturated heterocycles. The van der Waals surface area contributed by atoms with Gasteiger partial charge in [-0.2, -0.15) is 18.3 Å². The van der Waals surface area contributed by atoms with Gasteiger partial charge in [0.05, 0.1) is 39.0 Å². The number of carbonyl (C=O) groups is 1. The molecule has 0 bridgehead atoms. The predicted molar refractivity (Wildman–Crippen MR) is 123 cm³/mol. The SMILES string of the molecule is Cc1nn(Cc2ccc(Cl)s2)c(C)c1NC(=O)c1cc(C(F)(F)F)nc2ccc(Br)cc12. The van der Waals surface area contributed by atoms with Crippen LogP contribution in [0.5, 0.6) is 0 Å². The van der Waals surface area contributed by atoms with Crippen LogP contribution in [0, 0.1) is 13.8 Å². The quantitative estimate of drug-likeness (QED) is 0.306. The summed E-state index contributed by atoms with van der Waals surface area (Å²) in [6.45, 7) is 3.97. The monoisotopic (exact) mass is 542 g/mol. The van der Waals surface area contributed by atoms with Crippen molar-refractivity contribution in [1.82, 2.24) is 14.8 Å². The average Bonchev–Trinajstić information content (AvgIpc) is 3.24. The Balaban J connectivity index is 1.72. The number of anilines is 1. The highest BCUT2D eigenvalue weighted by molar-refractivity contribution is 9.10. The molecule has 0 radical (unpaired) electrons. The minimum atomic E-state index is -4.69. The minimum Gasteiger partial charge on any atom is -0.319 e. The Morgan fingerprint density at radius 2 is 1.97 bits per heavy atom. The Morgan fingerprint density at radius 1 is 1.22 bits per heavy atom. The van der Waals surface area contributed by atoms with E-state index in [0.717, 1.165) is 10.9 Å². The van der Waals surface area contributed by atoms with Gasteiger partial charge >= 0.3 is 6.18 Å². The number of benzene rings is 1. The molecule has 0 atom stereocenters. The van der Waals surface area contributed by atoms with Crippen LogP contribution in [0.4, 0.5) is 18.9 Å². The van der Waals surface area contributed by atoms with Crippen molar-refractivity contribution in [3.8, 4) is 0 Å². The summed E-state index contributed by atoms with van der Waals surface area (Å²) in [7, 11) is 0. The van der Waals surface area contributed by atoms with E-state index in [0.29, 0.717) is 37.8 Å². The number of thiophene rings is 1. The molecule has 0 saturated carbocycles. The Labute approximate surface area is 198 Å². The van der Waals surface area contributed by atoms with E-state index in [1.807, 2.05) is 6.07 Å². The number of aromatic nitrogens is 3. The van der Waals surface area contributed by atoms with E-state index >= 15 is 0 Å². The first-order chi connectivity index (χ1) is 15.0. The number of rotatable bonds is 4. The topological polar surface area (TPSA) is 59.8 Å². The number of pyridine rings is 1. The summed E-state index contributed by atoms with van der Waals surface area (Å²) in [6.07, 6.45) is -4.69. The molecular weight excluding hydrogens is 529 g/mol. The highest BCUT2D eigenvalue weighted by Crippen LogP contribution is 2.33. The maximum Gasteiger partial charge on any atom is 0.433 e. The van der Waals surface area contributed by atoms with Crippen LogP contribution in [0.1, 0.15) is 32.3 Å². The van der Waals surface area contributed by atoms with E-state index in [1.165, 1.54) is 17.4 Å². The largest absolute Gasteiger partial charge is 0.433 e. The normalized spacial score (nSPS) is 11.8. The van der Waals surface area contributed by atoms with E-state index in [1.54, 1.807) is 36.7 Å². The highest BCUT2D eigenvalue weighted by atomic mass is 79.9. The maximum absolute atomic E-state index is 13.4. The van der Waals surface area contributed by atoms with Crippen molar-refractivity contribution in [1.29, 1.82) is 0 Å². The van der Waals surface area contributed by atoms with Gasteiger partial charge in [0.25, 0.3) is 5.91 Å². The fraction of sp³-hybridized carbons (Fsp3) is 0.190. The van der Waals surface area contributed by atoms with Gasteiger partial charge in [-0.25, -0.2) is 4.98 Å². The summed E-state index contributed by atoms with van der Waals surface area (Å²) >= 11 is 10.7. The van der Waals surface area contributed by atoms with Gasteiger partial charge in [-0.05, 0) is 50.2 Å². The first-order valence-electron chi connectivity index (χ1n) is 9.30. The second kappa shape index (κ2) is 8.49. The molecule has 1 amide bonds. The standard InChI is InChI=1S/C21H15BrClF3N4OS/c1-10-19(11(2)30(29-10)9-13-4-6-18(23)32-13)28-20(31)15-8-17(21(24,25)26)27-16-5-3-12(22)7-14(15)16/h3-8H,9H2,1-2H3,(H,28,31). The third kappa shape index (κ3) is 4.53. The zero-order chi connectivity index (χ0) is 23.2. The minimum absolute atomic E-state index is 0.0758. The van der Waals surface area contributed by atoms with Crippen LogP contribution in [0.2, 0.25) is 4.34 Å². The molecule has 0 aliphatic rings. The number of hydrogen-bond donors (Lipinski definition) is 1. The first kappa shape index (κ1) is 22.8. The fourth-order valence-corrected chi connectivity index (χ4v) is 4.76. The number of amides is 1. The second-order valence-electron chi connectivity index (χ2n) is 7.08. The number of aryl methyl sites for hydroxylation is 1. The van der Waals surface area contributed by atoms with E-state index in [2.05, 4.69) is 31.3 Å². The van der Waals surface area contributed by atoms with E-state index in [9.17, 15) is 18.0 Å². The number of carbonyl (C=O) groups excluding carboxylic acids is 1. The number of alkyl halides is 3. The van der Waals surface area contributed by atoms with Crippen LogP contribution in [-0.2, 0) is 12.7 Å². The number of nitrogens with one attached hydrogen (secondary N) is 1. The van der Waals surface area contributed by atoms with Gasteiger partial charge < -0.3 is 5.32 Å². The van der Waals surface area contributed by atoms with Gasteiger partial charge in [-0.1, -0.05) is 27.5 Å². The molecule has 0 spiro atoms. The summed E-state index contributed by atoms with van der Waals surface area (Å²) < 4.78 is 43.1. The molecule has 0 fully saturated rings. The lowest BCUT2D eigenvalue weighted by Gasteiger charge is -2.13. The van der Waals surface area contributed by atoms with Gasteiger partial charge in [-0.3, -0.25) is 9.48 Å². The molecule has 4 aromatic rings. The van der Waals surface area contributed by atoms with Crippen molar-refractivity contribution < 1.29 is 18.0 Å². The average molecular weight is 544 g/mol. The Bertz CT molecular complexity index is 1350. The van der Waals surface area contributed by atoms with Crippen LogP contribution in [0.3, 0.4) is 0 Å². The Hall–Kier alpha value is -2.43. The van der Waals surface area contributed by atoms with E-state index < -0.39 is 17.8 Å². The molecule has 1 aromatic carbocycles. The molecule has 3 heterocycles.